The lowest BCUT2D eigenvalue weighted by Crippen LogP contribution is -2.46. The van der Waals surface area contributed by atoms with Crippen LogP contribution >= 0.6 is 0 Å². The van der Waals surface area contributed by atoms with Crippen molar-refractivity contribution in [2.45, 2.75) is 26.0 Å². The molecule has 0 N–H and O–H groups in total. The highest BCUT2D eigenvalue weighted by Crippen LogP contribution is 2.33. The number of amides is 1. The molecule has 2 heterocycles. The number of oxime groups is 1. The number of benzene rings is 2. The van der Waals surface area contributed by atoms with Gasteiger partial charge in [0.25, 0.3) is 5.91 Å². The van der Waals surface area contributed by atoms with Crippen molar-refractivity contribution in [3.63, 3.8) is 0 Å². The summed E-state index contributed by atoms with van der Waals surface area (Å²) in [5.74, 6) is 1.89. The van der Waals surface area contributed by atoms with Crippen LogP contribution < -0.4 is 9.47 Å². The van der Waals surface area contributed by atoms with Crippen LogP contribution in [0.2, 0.25) is 0 Å². The Morgan fingerprint density at radius 1 is 1.08 bits per heavy atom. The molecule has 2 aliphatic rings. The monoisotopic (exact) mass is 338 g/mol. The molecule has 25 heavy (non-hydrogen) atoms. The van der Waals surface area contributed by atoms with Gasteiger partial charge in [-0.2, -0.15) is 0 Å². The minimum Gasteiger partial charge on any atom is -0.454 e. The molecule has 1 atom stereocenters. The summed E-state index contributed by atoms with van der Waals surface area (Å²) >= 11 is 0. The van der Waals surface area contributed by atoms with E-state index in [1.165, 1.54) is 0 Å². The fourth-order valence-electron chi connectivity index (χ4n) is 2.93. The topological polar surface area (TPSA) is 60.4 Å². The van der Waals surface area contributed by atoms with Crippen molar-refractivity contribution < 1.29 is 19.1 Å². The average molecular weight is 338 g/mol. The summed E-state index contributed by atoms with van der Waals surface area (Å²) < 4.78 is 10.7. The highest BCUT2D eigenvalue weighted by atomic mass is 16.7. The first-order valence-electron chi connectivity index (χ1n) is 8.15. The summed E-state index contributed by atoms with van der Waals surface area (Å²) in [6, 6.07) is 15.5. The van der Waals surface area contributed by atoms with Gasteiger partial charge in [0.15, 0.2) is 11.5 Å². The van der Waals surface area contributed by atoms with Gasteiger partial charge in [-0.1, -0.05) is 41.6 Å². The zero-order valence-corrected chi connectivity index (χ0v) is 13.8. The Morgan fingerprint density at radius 3 is 2.72 bits per heavy atom. The molecule has 2 aromatic carbocycles. The Bertz CT molecular complexity index is 819. The number of rotatable bonds is 4. The molecule has 0 spiro atoms. The van der Waals surface area contributed by atoms with Gasteiger partial charge < -0.3 is 14.3 Å². The normalized spacial score (nSPS) is 18.8. The van der Waals surface area contributed by atoms with E-state index in [4.69, 9.17) is 14.3 Å². The maximum atomic E-state index is 12.8. The molecule has 0 aliphatic carbocycles. The van der Waals surface area contributed by atoms with Gasteiger partial charge in [0.1, 0.15) is 5.84 Å². The number of hydrogen-bond acceptors (Lipinski definition) is 5. The predicted octanol–water partition coefficient (Wildman–Crippen LogP) is 2.72. The van der Waals surface area contributed by atoms with Gasteiger partial charge in [0.05, 0.1) is 6.54 Å². The molecular formula is C19H18N2O4. The van der Waals surface area contributed by atoms with Crippen LogP contribution in [0.1, 0.15) is 18.1 Å². The van der Waals surface area contributed by atoms with Crippen LogP contribution in [0.5, 0.6) is 11.5 Å². The lowest BCUT2D eigenvalue weighted by molar-refractivity contribution is -0.143. The third kappa shape index (κ3) is 3.15. The van der Waals surface area contributed by atoms with Crippen molar-refractivity contribution in [1.29, 1.82) is 0 Å². The van der Waals surface area contributed by atoms with Crippen molar-refractivity contribution in [1.82, 2.24) is 4.90 Å². The summed E-state index contributed by atoms with van der Waals surface area (Å²) in [6.45, 7) is 2.41. The van der Waals surface area contributed by atoms with E-state index in [2.05, 4.69) is 5.16 Å². The molecule has 128 valence electrons. The molecule has 6 nitrogen and oxygen atoms in total. The molecule has 2 aliphatic heterocycles. The molecule has 0 fully saturated rings. The molecule has 4 rings (SSSR count). The third-order valence-corrected chi connectivity index (χ3v) is 4.29. The smallest absolute Gasteiger partial charge is 0.272 e. The molecule has 6 heteroatoms. The molecule has 0 radical (unpaired) electrons. The minimum absolute atomic E-state index is 0.0889. The van der Waals surface area contributed by atoms with Crippen LogP contribution in [0, 0.1) is 0 Å². The quantitative estimate of drug-likeness (QED) is 0.860. The molecule has 0 aromatic heterocycles. The van der Waals surface area contributed by atoms with E-state index in [9.17, 15) is 4.79 Å². The van der Waals surface area contributed by atoms with Gasteiger partial charge in [-0.3, -0.25) is 9.69 Å². The van der Waals surface area contributed by atoms with Crippen LogP contribution in [-0.4, -0.2) is 29.5 Å². The second-order valence-electron chi connectivity index (χ2n) is 6.03. The Kier molecular flexibility index (Phi) is 4.01. The van der Waals surface area contributed by atoms with Gasteiger partial charge in [-0.05, 0) is 30.2 Å². The fourth-order valence-corrected chi connectivity index (χ4v) is 2.93. The first-order chi connectivity index (χ1) is 12.2. The van der Waals surface area contributed by atoms with Crippen LogP contribution in [0.4, 0.5) is 0 Å². The number of ether oxygens (including phenoxy) is 2. The van der Waals surface area contributed by atoms with E-state index in [0.29, 0.717) is 24.6 Å². The molecule has 0 saturated heterocycles. The standard InChI is InChI=1S/C19H18N2O4/c1-13-20-25-18(9-14-5-3-2-4-6-14)19(22)21(13)11-15-7-8-16-17(10-15)24-12-23-16/h2-8,10,18H,9,11-12H2,1H3. The van der Waals surface area contributed by atoms with E-state index in [1.54, 1.807) is 11.8 Å². The van der Waals surface area contributed by atoms with Crippen molar-refractivity contribution in [2.24, 2.45) is 5.16 Å². The maximum absolute atomic E-state index is 12.8. The zero-order chi connectivity index (χ0) is 17.2. The molecule has 0 bridgehead atoms. The largest absolute Gasteiger partial charge is 0.454 e. The minimum atomic E-state index is -0.611. The van der Waals surface area contributed by atoms with Crippen molar-refractivity contribution in [2.75, 3.05) is 6.79 Å². The van der Waals surface area contributed by atoms with Gasteiger partial charge >= 0.3 is 0 Å². The number of carbonyl (C=O) groups is 1. The average Bonchev–Trinajstić information content (AvgIpc) is 3.10. The highest BCUT2D eigenvalue weighted by Gasteiger charge is 2.32. The van der Waals surface area contributed by atoms with E-state index in [-0.39, 0.29) is 12.7 Å². The lowest BCUT2D eigenvalue weighted by Gasteiger charge is -2.30. The SMILES string of the molecule is CC1=NOC(Cc2ccccc2)C(=O)N1Cc1ccc2c(c1)OCO2. The predicted molar refractivity (Wildman–Crippen MR) is 91.2 cm³/mol. The van der Waals surface area contributed by atoms with E-state index >= 15 is 0 Å². The Labute approximate surface area is 145 Å². The lowest BCUT2D eigenvalue weighted by atomic mass is 10.1. The zero-order valence-electron chi connectivity index (χ0n) is 13.8. The number of carbonyl (C=O) groups excluding carboxylic acids is 1. The van der Waals surface area contributed by atoms with E-state index in [0.717, 1.165) is 16.9 Å². The van der Waals surface area contributed by atoms with Gasteiger partial charge in [0.2, 0.25) is 12.9 Å². The molecule has 1 unspecified atom stereocenters. The van der Waals surface area contributed by atoms with Crippen LogP contribution in [-0.2, 0) is 22.6 Å². The Balaban J connectivity index is 1.51. The fraction of sp³-hybridized carbons (Fsp3) is 0.263. The second kappa shape index (κ2) is 6.47. The third-order valence-electron chi connectivity index (χ3n) is 4.29. The summed E-state index contributed by atoms with van der Waals surface area (Å²) in [4.78, 5) is 19.9. The van der Waals surface area contributed by atoms with Gasteiger partial charge in [0, 0.05) is 6.42 Å². The Morgan fingerprint density at radius 2 is 1.88 bits per heavy atom. The van der Waals surface area contributed by atoms with Crippen molar-refractivity contribution in [3.05, 3.63) is 59.7 Å². The second-order valence-corrected chi connectivity index (χ2v) is 6.03. The summed E-state index contributed by atoms with van der Waals surface area (Å²) in [7, 11) is 0. The number of amidine groups is 1. The summed E-state index contributed by atoms with van der Waals surface area (Å²) in [5, 5.41) is 4.07. The van der Waals surface area contributed by atoms with E-state index < -0.39 is 6.10 Å². The van der Waals surface area contributed by atoms with Gasteiger partial charge in [-0.25, -0.2) is 0 Å². The van der Waals surface area contributed by atoms with Crippen molar-refractivity contribution in [3.8, 4) is 11.5 Å². The highest BCUT2D eigenvalue weighted by molar-refractivity contribution is 6.00. The summed E-state index contributed by atoms with van der Waals surface area (Å²) in [5.41, 5.74) is 1.99. The maximum Gasteiger partial charge on any atom is 0.272 e. The molecule has 0 saturated carbocycles. The van der Waals surface area contributed by atoms with Gasteiger partial charge in [-0.15, -0.1) is 0 Å². The first kappa shape index (κ1) is 15.5. The molecule has 2 aromatic rings. The number of fused-ring (bicyclic) bond motifs is 1. The molecular weight excluding hydrogens is 320 g/mol. The first-order valence-corrected chi connectivity index (χ1v) is 8.15. The van der Waals surface area contributed by atoms with Crippen LogP contribution in [0.3, 0.4) is 0 Å². The number of nitrogens with zero attached hydrogens (tertiary/aromatic N) is 2. The Hall–Kier alpha value is -3.02. The summed E-state index contributed by atoms with van der Waals surface area (Å²) in [6.07, 6.45) is -0.117. The molecule has 1 amide bonds. The van der Waals surface area contributed by atoms with E-state index in [1.807, 2.05) is 48.5 Å². The van der Waals surface area contributed by atoms with Crippen LogP contribution in [0.15, 0.2) is 53.7 Å². The number of hydrogen-bond donors (Lipinski definition) is 0. The van der Waals surface area contributed by atoms with Crippen molar-refractivity contribution >= 4 is 11.7 Å². The van der Waals surface area contributed by atoms with Crippen LogP contribution in [0.25, 0.3) is 0 Å².